The fourth-order valence-corrected chi connectivity index (χ4v) is 1.96. The molecule has 1 N–H and O–H groups in total. The van der Waals surface area contributed by atoms with E-state index in [1.807, 2.05) is 0 Å². The lowest BCUT2D eigenvalue weighted by Gasteiger charge is -2.27. The second-order valence-corrected chi connectivity index (χ2v) is 8.25. The minimum atomic E-state index is -3.57. The SMILES string of the molecule is C[C@@](Br)([C@@H](O)c1ccccc1F)S(C)(=O)=O. The Kier molecular flexibility index (Phi) is 3.76. The summed E-state index contributed by atoms with van der Waals surface area (Å²) in [5.41, 5.74) is -0.0488. The summed E-state index contributed by atoms with van der Waals surface area (Å²) in [5, 5.41) is 9.90. The summed E-state index contributed by atoms with van der Waals surface area (Å²) < 4.78 is 34.7. The molecule has 16 heavy (non-hydrogen) atoms. The maximum atomic E-state index is 13.4. The highest BCUT2D eigenvalue weighted by Crippen LogP contribution is 2.38. The Hall–Kier alpha value is -0.460. The van der Waals surface area contributed by atoms with E-state index < -0.39 is 25.4 Å². The summed E-state index contributed by atoms with van der Waals surface area (Å²) in [6.07, 6.45) is -0.491. The highest BCUT2D eigenvalue weighted by Gasteiger charge is 2.42. The van der Waals surface area contributed by atoms with Crippen LogP contribution in [0.5, 0.6) is 0 Å². The summed E-state index contributed by atoms with van der Waals surface area (Å²) >= 11 is 2.93. The van der Waals surface area contributed by atoms with Crippen molar-refractivity contribution in [3.05, 3.63) is 35.6 Å². The summed E-state index contributed by atoms with van der Waals surface area (Å²) in [4.78, 5) is 0. The number of aliphatic hydroxyl groups excluding tert-OH is 1. The molecule has 0 bridgehead atoms. The van der Waals surface area contributed by atoms with Crippen LogP contribution >= 0.6 is 15.9 Å². The van der Waals surface area contributed by atoms with E-state index in [2.05, 4.69) is 15.9 Å². The number of hydrogen-bond donors (Lipinski definition) is 1. The molecule has 1 aromatic carbocycles. The minimum Gasteiger partial charge on any atom is -0.386 e. The smallest absolute Gasteiger partial charge is 0.165 e. The third-order valence-corrected chi connectivity index (χ3v) is 6.28. The van der Waals surface area contributed by atoms with E-state index in [0.29, 0.717) is 0 Å². The molecule has 0 amide bonds. The van der Waals surface area contributed by atoms with Crippen molar-refractivity contribution in [1.29, 1.82) is 0 Å². The fourth-order valence-electron chi connectivity index (χ4n) is 1.18. The van der Waals surface area contributed by atoms with E-state index in [4.69, 9.17) is 0 Å². The third kappa shape index (κ3) is 2.44. The van der Waals surface area contributed by atoms with E-state index in [-0.39, 0.29) is 5.56 Å². The summed E-state index contributed by atoms with van der Waals surface area (Å²) in [5.74, 6) is -0.635. The quantitative estimate of drug-likeness (QED) is 0.869. The summed E-state index contributed by atoms with van der Waals surface area (Å²) in [6, 6.07) is 5.53. The zero-order valence-corrected chi connectivity index (χ0v) is 11.2. The van der Waals surface area contributed by atoms with Crippen LogP contribution in [0.2, 0.25) is 0 Å². The third-order valence-electron chi connectivity index (χ3n) is 2.41. The van der Waals surface area contributed by atoms with E-state index >= 15 is 0 Å². The lowest BCUT2D eigenvalue weighted by atomic mass is 10.1. The molecule has 0 aromatic heterocycles. The van der Waals surface area contributed by atoms with Crippen molar-refractivity contribution in [3.63, 3.8) is 0 Å². The molecule has 1 rings (SSSR count). The average Bonchev–Trinajstić information content (AvgIpc) is 2.15. The van der Waals surface area contributed by atoms with Gasteiger partial charge in [0.05, 0.1) is 0 Å². The minimum absolute atomic E-state index is 0.0488. The molecule has 0 aliphatic carbocycles. The van der Waals surface area contributed by atoms with Crippen molar-refractivity contribution in [2.45, 2.75) is 16.7 Å². The Balaban J connectivity index is 3.23. The lowest BCUT2D eigenvalue weighted by molar-refractivity contribution is 0.163. The first-order valence-electron chi connectivity index (χ1n) is 4.49. The molecule has 0 aliphatic heterocycles. The van der Waals surface area contributed by atoms with Crippen LogP contribution in [0, 0.1) is 5.82 Å². The number of halogens is 2. The first kappa shape index (κ1) is 13.6. The molecule has 0 saturated heterocycles. The average molecular weight is 311 g/mol. The van der Waals surface area contributed by atoms with Crippen molar-refractivity contribution in [2.24, 2.45) is 0 Å². The molecule has 0 aliphatic rings. The molecule has 0 saturated carbocycles. The largest absolute Gasteiger partial charge is 0.386 e. The molecule has 6 heteroatoms. The molecule has 0 radical (unpaired) electrons. The van der Waals surface area contributed by atoms with Crippen LogP contribution in [-0.2, 0) is 9.84 Å². The molecule has 3 nitrogen and oxygen atoms in total. The Bertz CT molecular complexity index is 485. The molecule has 2 atom stereocenters. The van der Waals surface area contributed by atoms with Crippen LogP contribution < -0.4 is 0 Å². The van der Waals surface area contributed by atoms with Gasteiger partial charge in [-0.2, -0.15) is 0 Å². The maximum absolute atomic E-state index is 13.4. The van der Waals surface area contributed by atoms with Crippen molar-refractivity contribution in [3.8, 4) is 0 Å². The van der Waals surface area contributed by atoms with Crippen molar-refractivity contribution in [2.75, 3.05) is 6.26 Å². The van der Waals surface area contributed by atoms with Gasteiger partial charge in [0, 0.05) is 11.8 Å². The number of benzene rings is 1. The Morgan fingerprint density at radius 3 is 2.38 bits per heavy atom. The van der Waals surface area contributed by atoms with Crippen molar-refractivity contribution >= 4 is 25.8 Å². The second kappa shape index (κ2) is 4.43. The van der Waals surface area contributed by atoms with Gasteiger partial charge in [0.2, 0.25) is 0 Å². The van der Waals surface area contributed by atoms with Gasteiger partial charge in [-0.05, 0) is 13.0 Å². The first-order valence-corrected chi connectivity index (χ1v) is 7.17. The monoisotopic (exact) mass is 310 g/mol. The van der Waals surface area contributed by atoms with Crippen molar-refractivity contribution < 1.29 is 17.9 Å². The highest BCUT2D eigenvalue weighted by atomic mass is 79.9. The van der Waals surface area contributed by atoms with Gasteiger partial charge in [-0.3, -0.25) is 0 Å². The fraction of sp³-hybridized carbons (Fsp3) is 0.400. The van der Waals surface area contributed by atoms with Crippen LogP contribution in [0.1, 0.15) is 18.6 Å². The molecular weight excluding hydrogens is 299 g/mol. The van der Waals surface area contributed by atoms with E-state index in [9.17, 15) is 17.9 Å². The standard InChI is InChI=1S/C10H12BrFO3S/c1-10(11,16(2,14)15)9(13)7-5-3-4-6-8(7)12/h3-6,9,13H,1-2H3/t9-,10-/m0/s1. The lowest BCUT2D eigenvalue weighted by Crippen LogP contribution is -2.35. The van der Waals surface area contributed by atoms with E-state index in [0.717, 1.165) is 6.26 Å². The summed E-state index contributed by atoms with van der Waals surface area (Å²) in [6.45, 7) is 1.29. The van der Waals surface area contributed by atoms with Crippen LogP contribution in [0.25, 0.3) is 0 Å². The molecule has 0 unspecified atom stereocenters. The van der Waals surface area contributed by atoms with Gasteiger partial charge >= 0.3 is 0 Å². The molecular formula is C10H12BrFO3S. The topological polar surface area (TPSA) is 54.4 Å². The van der Waals surface area contributed by atoms with Crippen LogP contribution in [-0.4, -0.2) is 23.4 Å². The van der Waals surface area contributed by atoms with Gasteiger partial charge in [-0.15, -0.1) is 0 Å². The molecule has 1 aromatic rings. The predicted molar refractivity (Wildman–Crippen MR) is 63.5 cm³/mol. The maximum Gasteiger partial charge on any atom is 0.165 e. The number of aliphatic hydroxyl groups is 1. The van der Waals surface area contributed by atoms with E-state index in [1.54, 1.807) is 0 Å². The zero-order valence-electron chi connectivity index (χ0n) is 8.81. The van der Waals surface area contributed by atoms with Crippen LogP contribution in [0.15, 0.2) is 24.3 Å². The highest BCUT2D eigenvalue weighted by molar-refractivity contribution is 9.11. The number of alkyl halides is 1. The predicted octanol–water partition coefficient (Wildman–Crippen LogP) is 2.01. The van der Waals surface area contributed by atoms with Gasteiger partial charge in [-0.25, -0.2) is 12.8 Å². The number of sulfone groups is 1. The van der Waals surface area contributed by atoms with Gasteiger partial charge < -0.3 is 5.11 Å². The number of rotatable bonds is 3. The van der Waals surface area contributed by atoms with Gasteiger partial charge in [-0.1, -0.05) is 34.1 Å². The number of hydrogen-bond acceptors (Lipinski definition) is 3. The first-order chi connectivity index (χ1) is 7.18. The molecule has 0 fully saturated rings. The Morgan fingerprint density at radius 2 is 1.94 bits per heavy atom. The molecule has 0 spiro atoms. The zero-order chi connectivity index (χ0) is 12.6. The van der Waals surface area contributed by atoms with E-state index in [1.165, 1.54) is 31.2 Å². The van der Waals surface area contributed by atoms with Gasteiger partial charge in [0.15, 0.2) is 13.5 Å². The second-order valence-electron chi connectivity index (χ2n) is 3.68. The Labute approximate surface area is 102 Å². The summed E-state index contributed by atoms with van der Waals surface area (Å²) in [7, 11) is -3.57. The van der Waals surface area contributed by atoms with Gasteiger partial charge in [0.1, 0.15) is 11.9 Å². The Morgan fingerprint density at radius 1 is 1.44 bits per heavy atom. The van der Waals surface area contributed by atoms with Crippen molar-refractivity contribution in [1.82, 2.24) is 0 Å². The molecule has 90 valence electrons. The van der Waals surface area contributed by atoms with Crippen LogP contribution in [0.4, 0.5) is 4.39 Å². The normalized spacial score (nSPS) is 17.8. The van der Waals surface area contributed by atoms with Crippen LogP contribution in [0.3, 0.4) is 0 Å². The van der Waals surface area contributed by atoms with Gasteiger partial charge in [0.25, 0.3) is 0 Å². The molecule has 0 heterocycles.